The Morgan fingerprint density at radius 3 is 2.58 bits per heavy atom. The monoisotopic (exact) mass is 261 g/mol. The van der Waals surface area contributed by atoms with Crippen LogP contribution in [0.1, 0.15) is 29.7 Å². The summed E-state index contributed by atoms with van der Waals surface area (Å²) in [5.41, 5.74) is 2.82. The summed E-state index contributed by atoms with van der Waals surface area (Å²) >= 11 is 0. The number of hydrogen-bond acceptors (Lipinski definition) is 1. The molecule has 0 unspecified atom stereocenters. The van der Waals surface area contributed by atoms with Gasteiger partial charge in [0.1, 0.15) is 11.6 Å². The quantitative estimate of drug-likeness (QED) is 0.872. The van der Waals surface area contributed by atoms with Crippen LogP contribution >= 0.6 is 0 Å². The van der Waals surface area contributed by atoms with Gasteiger partial charge in [0.25, 0.3) is 0 Å². The Bertz CT molecular complexity index is 566. The van der Waals surface area contributed by atoms with Crippen LogP contribution in [0.3, 0.4) is 0 Å². The minimum atomic E-state index is -0.548. The normalized spacial score (nSPS) is 12.4. The third-order valence-electron chi connectivity index (χ3n) is 3.16. The summed E-state index contributed by atoms with van der Waals surface area (Å²) < 4.78 is 26.3. The van der Waals surface area contributed by atoms with Gasteiger partial charge in [-0.05, 0) is 25.5 Å². The molecule has 0 saturated carbocycles. The van der Waals surface area contributed by atoms with E-state index >= 15 is 0 Å². The number of nitrogens with one attached hydrogen (secondary N) is 1. The molecule has 100 valence electrons. The number of halogens is 2. The standard InChI is InChI=1S/C16H17F2N/c1-11-4-3-5-13(8-11)12(2)19-10-14-6-7-15(17)9-16(14)18/h3-9,12,19H,10H2,1-2H3/t12-/m0/s1. The lowest BCUT2D eigenvalue weighted by molar-refractivity contribution is 0.533. The molecule has 0 saturated heterocycles. The van der Waals surface area contributed by atoms with Gasteiger partial charge in [-0.2, -0.15) is 0 Å². The van der Waals surface area contributed by atoms with Crippen LogP contribution in [-0.2, 0) is 6.54 Å². The molecule has 1 atom stereocenters. The van der Waals surface area contributed by atoms with E-state index in [1.165, 1.54) is 17.7 Å². The molecule has 2 aromatic carbocycles. The third kappa shape index (κ3) is 3.61. The second kappa shape index (κ2) is 5.93. The van der Waals surface area contributed by atoms with Gasteiger partial charge in [0.2, 0.25) is 0 Å². The van der Waals surface area contributed by atoms with Crippen molar-refractivity contribution in [1.29, 1.82) is 0 Å². The zero-order valence-electron chi connectivity index (χ0n) is 11.1. The molecule has 0 bridgehead atoms. The molecule has 0 aliphatic rings. The minimum absolute atomic E-state index is 0.115. The molecule has 0 heterocycles. The zero-order valence-corrected chi connectivity index (χ0v) is 11.1. The van der Waals surface area contributed by atoms with Crippen molar-refractivity contribution in [2.24, 2.45) is 0 Å². The number of benzene rings is 2. The van der Waals surface area contributed by atoms with Gasteiger partial charge < -0.3 is 5.32 Å². The van der Waals surface area contributed by atoms with E-state index < -0.39 is 11.6 Å². The predicted molar refractivity (Wildman–Crippen MR) is 72.8 cm³/mol. The summed E-state index contributed by atoms with van der Waals surface area (Å²) in [4.78, 5) is 0. The smallest absolute Gasteiger partial charge is 0.130 e. The first-order valence-electron chi connectivity index (χ1n) is 6.30. The summed E-state index contributed by atoms with van der Waals surface area (Å²) in [7, 11) is 0. The van der Waals surface area contributed by atoms with Crippen molar-refractivity contribution in [2.45, 2.75) is 26.4 Å². The fourth-order valence-electron chi connectivity index (χ4n) is 1.99. The molecule has 1 N–H and O–H groups in total. The van der Waals surface area contributed by atoms with Gasteiger partial charge in [0.15, 0.2) is 0 Å². The van der Waals surface area contributed by atoms with E-state index in [0.717, 1.165) is 11.6 Å². The van der Waals surface area contributed by atoms with Crippen molar-refractivity contribution in [2.75, 3.05) is 0 Å². The van der Waals surface area contributed by atoms with E-state index in [4.69, 9.17) is 0 Å². The number of hydrogen-bond donors (Lipinski definition) is 1. The largest absolute Gasteiger partial charge is 0.306 e. The molecular formula is C16H17F2N. The van der Waals surface area contributed by atoms with E-state index in [9.17, 15) is 8.78 Å². The molecule has 0 fully saturated rings. The van der Waals surface area contributed by atoms with Gasteiger partial charge in [-0.3, -0.25) is 0 Å². The maximum absolute atomic E-state index is 13.5. The Morgan fingerprint density at radius 2 is 1.89 bits per heavy atom. The fraction of sp³-hybridized carbons (Fsp3) is 0.250. The van der Waals surface area contributed by atoms with Gasteiger partial charge >= 0.3 is 0 Å². The topological polar surface area (TPSA) is 12.0 Å². The average Bonchev–Trinajstić information content (AvgIpc) is 2.37. The predicted octanol–water partition coefficient (Wildman–Crippen LogP) is 4.12. The lowest BCUT2D eigenvalue weighted by Gasteiger charge is -2.15. The van der Waals surface area contributed by atoms with Crippen LogP contribution in [0.15, 0.2) is 42.5 Å². The van der Waals surface area contributed by atoms with Crippen molar-refractivity contribution in [3.63, 3.8) is 0 Å². The van der Waals surface area contributed by atoms with E-state index in [2.05, 4.69) is 11.4 Å². The molecule has 19 heavy (non-hydrogen) atoms. The van der Waals surface area contributed by atoms with Gasteiger partial charge in [-0.25, -0.2) is 8.78 Å². The van der Waals surface area contributed by atoms with Gasteiger partial charge in [-0.1, -0.05) is 35.9 Å². The Balaban J connectivity index is 2.02. The Morgan fingerprint density at radius 1 is 1.11 bits per heavy atom. The van der Waals surface area contributed by atoms with Crippen molar-refractivity contribution in [1.82, 2.24) is 5.32 Å². The molecule has 2 rings (SSSR count). The second-order valence-corrected chi connectivity index (χ2v) is 4.75. The summed E-state index contributed by atoms with van der Waals surface area (Å²) in [6.45, 7) is 4.44. The van der Waals surface area contributed by atoms with Crippen molar-refractivity contribution < 1.29 is 8.78 Å². The van der Waals surface area contributed by atoms with Crippen LogP contribution in [0.2, 0.25) is 0 Å². The molecule has 0 amide bonds. The van der Waals surface area contributed by atoms with Gasteiger partial charge in [0.05, 0.1) is 0 Å². The molecule has 0 aliphatic heterocycles. The summed E-state index contributed by atoms with van der Waals surface area (Å²) in [6, 6.07) is 11.9. The van der Waals surface area contributed by atoms with E-state index in [1.54, 1.807) is 0 Å². The molecule has 0 radical (unpaired) electrons. The van der Waals surface area contributed by atoms with E-state index in [0.29, 0.717) is 12.1 Å². The number of aryl methyl sites for hydroxylation is 1. The van der Waals surface area contributed by atoms with Crippen LogP contribution in [0.4, 0.5) is 8.78 Å². The molecule has 3 heteroatoms. The Labute approximate surface area is 112 Å². The molecule has 0 spiro atoms. The SMILES string of the molecule is Cc1cccc([C@H](C)NCc2ccc(F)cc2F)c1. The van der Waals surface area contributed by atoms with Crippen LogP contribution in [0.5, 0.6) is 0 Å². The Kier molecular flexibility index (Phi) is 4.27. The molecule has 0 aromatic heterocycles. The maximum atomic E-state index is 13.5. The van der Waals surface area contributed by atoms with Crippen LogP contribution in [-0.4, -0.2) is 0 Å². The molecule has 2 aromatic rings. The Hall–Kier alpha value is -1.74. The maximum Gasteiger partial charge on any atom is 0.130 e. The first kappa shape index (κ1) is 13.7. The summed E-state index contributed by atoms with van der Waals surface area (Å²) in [5.74, 6) is -1.06. The first-order valence-corrected chi connectivity index (χ1v) is 6.30. The highest BCUT2D eigenvalue weighted by atomic mass is 19.1. The average molecular weight is 261 g/mol. The van der Waals surface area contributed by atoms with E-state index in [1.807, 2.05) is 32.0 Å². The van der Waals surface area contributed by atoms with Gasteiger partial charge in [0, 0.05) is 24.2 Å². The van der Waals surface area contributed by atoms with Crippen molar-refractivity contribution in [3.8, 4) is 0 Å². The van der Waals surface area contributed by atoms with Crippen LogP contribution in [0, 0.1) is 18.6 Å². The zero-order chi connectivity index (χ0) is 13.8. The summed E-state index contributed by atoms with van der Waals surface area (Å²) in [5, 5.41) is 3.24. The second-order valence-electron chi connectivity index (χ2n) is 4.75. The fourth-order valence-corrected chi connectivity index (χ4v) is 1.99. The third-order valence-corrected chi connectivity index (χ3v) is 3.16. The van der Waals surface area contributed by atoms with Crippen LogP contribution in [0.25, 0.3) is 0 Å². The summed E-state index contributed by atoms with van der Waals surface area (Å²) in [6.07, 6.45) is 0. The molecule has 1 nitrogen and oxygen atoms in total. The first-order chi connectivity index (χ1) is 9.06. The molecular weight excluding hydrogens is 244 g/mol. The van der Waals surface area contributed by atoms with E-state index in [-0.39, 0.29) is 6.04 Å². The van der Waals surface area contributed by atoms with Crippen molar-refractivity contribution >= 4 is 0 Å². The highest BCUT2D eigenvalue weighted by molar-refractivity contribution is 5.25. The lowest BCUT2D eigenvalue weighted by Crippen LogP contribution is -2.18. The lowest BCUT2D eigenvalue weighted by atomic mass is 10.1. The van der Waals surface area contributed by atoms with Gasteiger partial charge in [-0.15, -0.1) is 0 Å². The minimum Gasteiger partial charge on any atom is -0.306 e. The molecule has 0 aliphatic carbocycles. The van der Waals surface area contributed by atoms with Crippen LogP contribution < -0.4 is 5.32 Å². The highest BCUT2D eigenvalue weighted by Crippen LogP contribution is 2.15. The number of rotatable bonds is 4. The highest BCUT2D eigenvalue weighted by Gasteiger charge is 2.08. The van der Waals surface area contributed by atoms with Crippen molar-refractivity contribution in [3.05, 3.63) is 70.8 Å².